The number of carbonyl (C=O) groups is 2. The predicted octanol–water partition coefficient (Wildman–Crippen LogP) is 0.937. The highest BCUT2D eigenvalue weighted by Gasteiger charge is 2.11. The number of ether oxygens (including phenoxy) is 2. The van der Waals surface area contributed by atoms with Crippen molar-refractivity contribution >= 4 is 11.9 Å². The lowest BCUT2D eigenvalue weighted by Gasteiger charge is -2.06. The van der Waals surface area contributed by atoms with Crippen molar-refractivity contribution in [3.05, 3.63) is 29.8 Å². The lowest BCUT2D eigenvalue weighted by molar-refractivity contribution is -0.142. The van der Waals surface area contributed by atoms with Gasteiger partial charge in [0.2, 0.25) is 0 Å². The normalized spacial score (nSPS) is 9.40. The number of carbonyl (C=O) groups excluding carboxylic acids is 1. The van der Waals surface area contributed by atoms with E-state index in [1.165, 1.54) is 19.2 Å². The molecule has 0 saturated heterocycles. The standard InChI is InChI=1S/C10H10O5/c1-14-9(11)6-15-8-5-3-2-4-7(8)10(12)13/h2-5H,6H2,1H3,(H,12,13). The summed E-state index contributed by atoms with van der Waals surface area (Å²) < 4.78 is 9.36. The van der Waals surface area contributed by atoms with E-state index in [4.69, 9.17) is 9.84 Å². The highest BCUT2D eigenvalue weighted by molar-refractivity contribution is 5.90. The van der Waals surface area contributed by atoms with Gasteiger partial charge in [0.25, 0.3) is 0 Å². The van der Waals surface area contributed by atoms with Crippen LogP contribution in [0.2, 0.25) is 0 Å². The second-order valence-corrected chi connectivity index (χ2v) is 2.67. The predicted molar refractivity (Wildman–Crippen MR) is 50.9 cm³/mol. The van der Waals surface area contributed by atoms with E-state index in [0.717, 1.165) is 0 Å². The molecule has 80 valence electrons. The second-order valence-electron chi connectivity index (χ2n) is 2.67. The summed E-state index contributed by atoms with van der Waals surface area (Å²) in [5.74, 6) is -1.51. The molecule has 5 heteroatoms. The van der Waals surface area contributed by atoms with Crippen molar-refractivity contribution in [2.45, 2.75) is 0 Å². The molecule has 1 aromatic rings. The number of para-hydroxylation sites is 1. The first kappa shape index (κ1) is 11.0. The Hall–Kier alpha value is -2.04. The minimum atomic E-state index is -1.10. The number of aromatic carboxylic acids is 1. The van der Waals surface area contributed by atoms with Crippen LogP contribution in [0, 0.1) is 0 Å². The molecule has 0 bridgehead atoms. The zero-order valence-electron chi connectivity index (χ0n) is 8.10. The van der Waals surface area contributed by atoms with Gasteiger partial charge in [-0.2, -0.15) is 0 Å². The molecule has 1 rings (SSSR count). The molecule has 0 aliphatic rings. The van der Waals surface area contributed by atoms with Gasteiger partial charge in [-0.15, -0.1) is 0 Å². The largest absolute Gasteiger partial charge is 0.481 e. The van der Waals surface area contributed by atoms with Crippen LogP contribution in [0.15, 0.2) is 24.3 Å². The highest BCUT2D eigenvalue weighted by atomic mass is 16.6. The monoisotopic (exact) mass is 210 g/mol. The summed E-state index contributed by atoms with van der Waals surface area (Å²) in [5, 5.41) is 8.79. The van der Waals surface area contributed by atoms with E-state index in [-0.39, 0.29) is 17.9 Å². The number of benzene rings is 1. The van der Waals surface area contributed by atoms with Gasteiger partial charge in [-0.1, -0.05) is 12.1 Å². The molecule has 0 amide bonds. The van der Waals surface area contributed by atoms with E-state index in [1.807, 2.05) is 0 Å². The summed E-state index contributed by atoms with van der Waals surface area (Å²) in [4.78, 5) is 21.5. The Bertz CT molecular complexity index is 372. The number of carboxylic acids is 1. The van der Waals surface area contributed by atoms with Crippen LogP contribution in [-0.4, -0.2) is 30.8 Å². The number of hydrogen-bond acceptors (Lipinski definition) is 4. The van der Waals surface area contributed by atoms with Crippen molar-refractivity contribution in [1.82, 2.24) is 0 Å². The Kier molecular flexibility index (Phi) is 3.68. The summed E-state index contributed by atoms with van der Waals surface area (Å²) in [6, 6.07) is 6.08. The van der Waals surface area contributed by atoms with E-state index in [0.29, 0.717) is 0 Å². The Morgan fingerprint density at radius 1 is 1.33 bits per heavy atom. The van der Waals surface area contributed by atoms with Crippen molar-refractivity contribution in [3.8, 4) is 5.75 Å². The van der Waals surface area contributed by atoms with Crippen LogP contribution in [0.3, 0.4) is 0 Å². The van der Waals surface area contributed by atoms with E-state index in [1.54, 1.807) is 12.1 Å². The molecule has 15 heavy (non-hydrogen) atoms. The molecule has 0 aliphatic heterocycles. The minimum absolute atomic E-state index is 0.0152. The van der Waals surface area contributed by atoms with Crippen molar-refractivity contribution in [1.29, 1.82) is 0 Å². The fourth-order valence-electron chi connectivity index (χ4n) is 0.965. The molecule has 0 saturated carbocycles. The maximum atomic E-state index is 10.8. The third-order valence-electron chi connectivity index (χ3n) is 1.69. The maximum absolute atomic E-state index is 10.8. The van der Waals surface area contributed by atoms with Crippen molar-refractivity contribution < 1.29 is 24.2 Å². The molecule has 0 atom stereocenters. The van der Waals surface area contributed by atoms with Gasteiger partial charge < -0.3 is 14.6 Å². The zero-order valence-corrected chi connectivity index (χ0v) is 8.10. The molecule has 0 aliphatic carbocycles. The van der Waals surface area contributed by atoms with Gasteiger partial charge in [-0.25, -0.2) is 9.59 Å². The highest BCUT2D eigenvalue weighted by Crippen LogP contribution is 2.17. The molecule has 0 heterocycles. The van der Waals surface area contributed by atoms with Gasteiger partial charge in [-0.3, -0.25) is 0 Å². The molecule has 0 spiro atoms. The van der Waals surface area contributed by atoms with Crippen molar-refractivity contribution in [2.24, 2.45) is 0 Å². The smallest absolute Gasteiger partial charge is 0.343 e. The number of carboxylic acid groups (broad SMARTS) is 1. The van der Waals surface area contributed by atoms with E-state index < -0.39 is 11.9 Å². The fourth-order valence-corrected chi connectivity index (χ4v) is 0.965. The van der Waals surface area contributed by atoms with Crippen LogP contribution in [0.4, 0.5) is 0 Å². The molecular weight excluding hydrogens is 200 g/mol. The SMILES string of the molecule is COC(=O)COc1ccccc1C(=O)O. The average Bonchev–Trinajstić information content (AvgIpc) is 2.26. The molecule has 1 aromatic carbocycles. The van der Waals surface area contributed by atoms with E-state index in [9.17, 15) is 9.59 Å². The van der Waals surface area contributed by atoms with E-state index >= 15 is 0 Å². The van der Waals surface area contributed by atoms with Crippen LogP contribution in [0.25, 0.3) is 0 Å². The summed E-state index contributed by atoms with van der Waals surface area (Å²) in [5.41, 5.74) is 0.0152. The number of methoxy groups -OCH3 is 1. The minimum Gasteiger partial charge on any atom is -0.481 e. The Morgan fingerprint density at radius 2 is 2.00 bits per heavy atom. The lowest BCUT2D eigenvalue weighted by Crippen LogP contribution is -2.14. The first-order valence-corrected chi connectivity index (χ1v) is 4.17. The number of rotatable bonds is 4. The maximum Gasteiger partial charge on any atom is 0.343 e. The van der Waals surface area contributed by atoms with Crippen LogP contribution < -0.4 is 4.74 Å². The first-order chi connectivity index (χ1) is 7.15. The van der Waals surface area contributed by atoms with Crippen molar-refractivity contribution in [3.63, 3.8) is 0 Å². The molecule has 0 unspecified atom stereocenters. The van der Waals surface area contributed by atoms with Crippen LogP contribution in [0.1, 0.15) is 10.4 Å². The van der Waals surface area contributed by atoms with Crippen LogP contribution >= 0.6 is 0 Å². The first-order valence-electron chi connectivity index (χ1n) is 4.17. The zero-order chi connectivity index (χ0) is 11.3. The Labute approximate surface area is 86.2 Å². The fraction of sp³-hybridized carbons (Fsp3) is 0.200. The molecule has 1 N–H and O–H groups in total. The summed E-state index contributed by atoms with van der Waals surface area (Å²) >= 11 is 0. The van der Waals surface area contributed by atoms with Crippen molar-refractivity contribution in [2.75, 3.05) is 13.7 Å². The average molecular weight is 210 g/mol. The third-order valence-corrected chi connectivity index (χ3v) is 1.69. The van der Waals surface area contributed by atoms with Gasteiger partial charge in [-0.05, 0) is 12.1 Å². The molecule has 0 aromatic heterocycles. The van der Waals surface area contributed by atoms with Crippen LogP contribution in [-0.2, 0) is 9.53 Å². The third kappa shape index (κ3) is 2.98. The van der Waals surface area contributed by atoms with E-state index in [2.05, 4.69) is 4.74 Å². The van der Waals surface area contributed by atoms with Gasteiger partial charge >= 0.3 is 11.9 Å². The summed E-state index contributed by atoms with van der Waals surface area (Å²) in [6.07, 6.45) is 0. The Morgan fingerprint density at radius 3 is 2.60 bits per heavy atom. The second kappa shape index (κ2) is 4.99. The van der Waals surface area contributed by atoms with Gasteiger partial charge in [0, 0.05) is 0 Å². The number of hydrogen-bond donors (Lipinski definition) is 1. The topological polar surface area (TPSA) is 72.8 Å². The quantitative estimate of drug-likeness (QED) is 0.748. The van der Waals surface area contributed by atoms with Gasteiger partial charge in [0.15, 0.2) is 6.61 Å². The number of esters is 1. The molecule has 5 nitrogen and oxygen atoms in total. The molecule has 0 fully saturated rings. The summed E-state index contributed by atoms with van der Waals surface area (Å²) in [6.45, 7) is -0.305. The lowest BCUT2D eigenvalue weighted by atomic mass is 10.2. The van der Waals surface area contributed by atoms with Gasteiger partial charge in [0.05, 0.1) is 7.11 Å². The van der Waals surface area contributed by atoms with Gasteiger partial charge in [0.1, 0.15) is 11.3 Å². The molecular formula is C10H10O5. The molecule has 0 radical (unpaired) electrons. The summed E-state index contributed by atoms with van der Waals surface area (Å²) in [7, 11) is 1.23. The Balaban J connectivity index is 2.76. The van der Waals surface area contributed by atoms with Crippen LogP contribution in [0.5, 0.6) is 5.75 Å².